The molecule has 0 saturated carbocycles. The molecule has 2 aromatic heterocycles. The summed E-state index contributed by atoms with van der Waals surface area (Å²) in [5.41, 5.74) is 2.58. The van der Waals surface area contributed by atoms with E-state index < -0.39 is 5.60 Å². The van der Waals surface area contributed by atoms with E-state index in [1.165, 1.54) is 5.56 Å². The van der Waals surface area contributed by atoms with E-state index in [1.54, 1.807) is 12.4 Å². The lowest BCUT2D eigenvalue weighted by molar-refractivity contribution is -0.00366. The average molecular weight is 451 g/mol. The second-order valence-electron chi connectivity index (χ2n) is 9.11. The quantitative estimate of drug-likeness (QED) is 0.537. The number of hydrogen-bond acceptors (Lipinski definition) is 7. The fourth-order valence-electron chi connectivity index (χ4n) is 4.58. The molecule has 3 aromatic rings. The molecule has 0 aliphatic carbocycles. The van der Waals surface area contributed by atoms with Gasteiger partial charge in [-0.15, -0.1) is 0 Å². The van der Waals surface area contributed by atoms with E-state index in [-0.39, 0.29) is 0 Å². The molecule has 8 heteroatoms. The van der Waals surface area contributed by atoms with E-state index >= 15 is 0 Å². The topological polar surface area (TPSA) is 79.5 Å². The third-order valence-corrected chi connectivity index (χ3v) is 6.01. The minimum Gasteiger partial charge on any atom is -0.492 e. The highest BCUT2D eigenvalue weighted by Crippen LogP contribution is 2.25. The number of ether oxygens (including phenoxy) is 1. The van der Waals surface area contributed by atoms with E-state index in [0.29, 0.717) is 25.6 Å². The molecule has 0 amide bonds. The van der Waals surface area contributed by atoms with Crippen molar-refractivity contribution in [3.63, 3.8) is 0 Å². The summed E-state index contributed by atoms with van der Waals surface area (Å²) in [4.78, 5) is 12.9. The van der Waals surface area contributed by atoms with Gasteiger partial charge in [-0.25, -0.2) is 9.97 Å². The molecule has 0 radical (unpaired) electrons. The molecule has 0 bridgehead atoms. The van der Waals surface area contributed by atoms with Gasteiger partial charge in [0.15, 0.2) is 0 Å². The second-order valence-corrected chi connectivity index (χ2v) is 9.11. The van der Waals surface area contributed by atoms with Crippen LogP contribution in [0.4, 0.5) is 5.95 Å². The maximum atomic E-state index is 11.2. The lowest BCUT2D eigenvalue weighted by atomic mass is 9.92. The number of nitrogens with zero attached hydrogens (tertiary/aromatic N) is 6. The summed E-state index contributed by atoms with van der Waals surface area (Å²) < 4.78 is 7.87. The Labute approximate surface area is 195 Å². The number of aromatic nitrogens is 4. The predicted octanol–water partition coefficient (Wildman–Crippen LogP) is 2.83. The van der Waals surface area contributed by atoms with E-state index in [2.05, 4.69) is 57.0 Å². The first kappa shape index (κ1) is 23.2. The smallest absolute Gasteiger partial charge is 0.225 e. The molecule has 1 N–H and O–H groups in total. The minimum atomic E-state index is -0.780. The van der Waals surface area contributed by atoms with Gasteiger partial charge < -0.3 is 14.7 Å². The van der Waals surface area contributed by atoms with Crippen molar-refractivity contribution in [1.29, 1.82) is 0 Å². The summed E-state index contributed by atoms with van der Waals surface area (Å²) in [7, 11) is 2.05. The molecule has 1 saturated heterocycles. The Balaban J connectivity index is 1.26. The van der Waals surface area contributed by atoms with Crippen molar-refractivity contribution < 1.29 is 9.84 Å². The largest absolute Gasteiger partial charge is 0.492 e. The third kappa shape index (κ3) is 6.30. The highest BCUT2D eigenvalue weighted by molar-refractivity contribution is 5.31. The van der Waals surface area contributed by atoms with Crippen LogP contribution < -0.4 is 9.64 Å². The molecular formula is C25H34N6O2. The Bertz CT molecular complexity index is 1020. The number of anilines is 1. The predicted molar refractivity (Wildman–Crippen MR) is 128 cm³/mol. The molecule has 33 heavy (non-hydrogen) atoms. The molecular weight excluding hydrogens is 416 g/mol. The van der Waals surface area contributed by atoms with Crippen LogP contribution in [0.3, 0.4) is 0 Å². The minimum absolute atomic E-state index is 0.545. The van der Waals surface area contributed by atoms with Crippen molar-refractivity contribution in [2.24, 2.45) is 0 Å². The van der Waals surface area contributed by atoms with Gasteiger partial charge in [-0.1, -0.05) is 12.1 Å². The Hall–Kier alpha value is -2.97. The Morgan fingerprint density at radius 2 is 1.91 bits per heavy atom. The van der Waals surface area contributed by atoms with Gasteiger partial charge in [0.25, 0.3) is 0 Å². The van der Waals surface area contributed by atoms with Gasteiger partial charge in [0, 0.05) is 37.7 Å². The van der Waals surface area contributed by atoms with E-state index in [4.69, 9.17) is 4.74 Å². The van der Waals surface area contributed by atoms with Crippen molar-refractivity contribution in [3.8, 4) is 5.75 Å². The molecule has 8 nitrogen and oxygen atoms in total. The number of aliphatic hydroxyl groups is 1. The van der Waals surface area contributed by atoms with Crippen LogP contribution >= 0.6 is 0 Å². The first-order valence-electron chi connectivity index (χ1n) is 11.6. The summed E-state index contributed by atoms with van der Waals surface area (Å²) in [5.74, 6) is 1.54. The Morgan fingerprint density at radius 3 is 2.61 bits per heavy atom. The number of piperidine rings is 1. The SMILES string of the molecule is Cc1cc(C)n(CCOc2ccc(CN(C)CC3(O)CCCN(c4ncccn4)C3)cc2)n1. The molecule has 1 atom stereocenters. The Morgan fingerprint density at radius 1 is 1.15 bits per heavy atom. The first-order valence-corrected chi connectivity index (χ1v) is 11.6. The number of rotatable bonds is 9. The fourth-order valence-corrected chi connectivity index (χ4v) is 4.58. The van der Waals surface area contributed by atoms with Gasteiger partial charge in [-0.2, -0.15) is 5.10 Å². The zero-order valence-electron chi connectivity index (χ0n) is 19.8. The lowest BCUT2D eigenvalue weighted by Crippen LogP contribution is -2.54. The van der Waals surface area contributed by atoms with Gasteiger partial charge in [0.05, 0.1) is 24.4 Å². The van der Waals surface area contributed by atoms with Crippen LogP contribution in [0.15, 0.2) is 48.8 Å². The van der Waals surface area contributed by atoms with E-state index in [0.717, 1.165) is 49.6 Å². The summed E-state index contributed by atoms with van der Waals surface area (Å²) in [6, 6.07) is 12.1. The fraction of sp³-hybridized carbons (Fsp3) is 0.480. The maximum Gasteiger partial charge on any atom is 0.225 e. The highest BCUT2D eigenvalue weighted by atomic mass is 16.5. The molecule has 1 unspecified atom stereocenters. The van der Waals surface area contributed by atoms with Gasteiger partial charge in [0.2, 0.25) is 5.95 Å². The van der Waals surface area contributed by atoms with Gasteiger partial charge in [-0.3, -0.25) is 9.58 Å². The first-order chi connectivity index (χ1) is 15.9. The lowest BCUT2D eigenvalue weighted by Gasteiger charge is -2.41. The third-order valence-electron chi connectivity index (χ3n) is 6.01. The van der Waals surface area contributed by atoms with Crippen molar-refractivity contribution >= 4 is 5.95 Å². The van der Waals surface area contributed by atoms with Crippen molar-refractivity contribution in [1.82, 2.24) is 24.6 Å². The number of hydrogen-bond donors (Lipinski definition) is 1. The number of likely N-dealkylation sites (N-methyl/N-ethyl adjacent to an activating group) is 1. The summed E-state index contributed by atoms with van der Waals surface area (Å²) in [5, 5.41) is 15.7. The van der Waals surface area contributed by atoms with Gasteiger partial charge >= 0.3 is 0 Å². The van der Waals surface area contributed by atoms with Crippen molar-refractivity contribution in [2.75, 3.05) is 38.2 Å². The van der Waals surface area contributed by atoms with Crippen LogP contribution in [-0.4, -0.2) is 68.6 Å². The molecule has 3 heterocycles. The maximum absolute atomic E-state index is 11.2. The van der Waals surface area contributed by atoms with Crippen LogP contribution in [0.1, 0.15) is 29.8 Å². The highest BCUT2D eigenvalue weighted by Gasteiger charge is 2.35. The van der Waals surface area contributed by atoms with Crippen molar-refractivity contribution in [3.05, 3.63) is 65.7 Å². The molecule has 0 spiro atoms. The van der Waals surface area contributed by atoms with Gasteiger partial charge in [-0.05, 0) is 63.6 Å². The number of β-amino-alcohol motifs (C(OH)–C–C–N with tert-alkyl or cyclic N) is 1. The van der Waals surface area contributed by atoms with Crippen LogP contribution in [0.5, 0.6) is 5.75 Å². The molecule has 1 aliphatic rings. The molecule has 1 aromatic carbocycles. The molecule has 1 aliphatic heterocycles. The number of benzene rings is 1. The summed E-state index contributed by atoms with van der Waals surface area (Å²) >= 11 is 0. The average Bonchev–Trinajstić information content (AvgIpc) is 3.12. The van der Waals surface area contributed by atoms with Gasteiger partial charge in [0.1, 0.15) is 12.4 Å². The molecule has 176 valence electrons. The van der Waals surface area contributed by atoms with Crippen LogP contribution in [0.25, 0.3) is 0 Å². The molecule has 1 fully saturated rings. The van der Waals surface area contributed by atoms with Crippen molar-refractivity contribution in [2.45, 2.75) is 45.4 Å². The van der Waals surface area contributed by atoms with E-state index in [9.17, 15) is 5.11 Å². The zero-order valence-corrected chi connectivity index (χ0v) is 19.8. The monoisotopic (exact) mass is 450 g/mol. The Kier molecular flexibility index (Phi) is 7.25. The van der Waals surface area contributed by atoms with Crippen LogP contribution in [-0.2, 0) is 13.1 Å². The second kappa shape index (κ2) is 10.3. The molecule has 4 rings (SSSR count). The number of aryl methyl sites for hydroxylation is 2. The van der Waals surface area contributed by atoms with E-state index in [1.807, 2.05) is 29.8 Å². The standard InChI is InChI=1S/C25H34N6O2/c1-20-16-21(2)31(28-20)14-15-33-23-8-6-22(7-9-23)17-29(3)18-25(32)10-4-13-30(19-25)24-26-11-5-12-27-24/h5-9,11-12,16,32H,4,10,13-15,17-19H2,1-3H3. The van der Waals surface area contributed by atoms with Crippen LogP contribution in [0, 0.1) is 13.8 Å². The zero-order chi connectivity index (χ0) is 23.3. The normalized spacial score (nSPS) is 18.6. The van der Waals surface area contributed by atoms with Crippen LogP contribution in [0.2, 0.25) is 0 Å². The summed E-state index contributed by atoms with van der Waals surface area (Å²) in [6.45, 7) is 8.14. The summed E-state index contributed by atoms with van der Waals surface area (Å²) in [6.07, 6.45) is 5.19.